The van der Waals surface area contributed by atoms with Gasteiger partial charge < -0.3 is 5.32 Å². The van der Waals surface area contributed by atoms with E-state index in [2.05, 4.69) is 34.3 Å². The molecule has 1 unspecified atom stereocenters. The maximum Gasteiger partial charge on any atom is 0.115 e. The molecule has 0 saturated carbocycles. The molecule has 0 saturated heterocycles. The van der Waals surface area contributed by atoms with Gasteiger partial charge in [0.2, 0.25) is 0 Å². The Labute approximate surface area is 93.2 Å². The second-order valence-corrected chi connectivity index (χ2v) is 4.66. The molecule has 0 aliphatic carbocycles. The van der Waals surface area contributed by atoms with Gasteiger partial charge in [-0.2, -0.15) is 0 Å². The third kappa shape index (κ3) is 2.22. The fraction of sp³-hybridized carbons (Fsp3) is 0.273. The zero-order valence-corrected chi connectivity index (χ0v) is 9.58. The van der Waals surface area contributed by atoms with Crippen molar-refractivity contribution in [1.29, 1.82) is 0 Å². The van der Waals surface area contributed by atoms with Crippen LogP contribution in [0.5, 0.6) is 0 Å². The van der Waals surface area contributed by atoms with Crippen LogP contribution >= 0.6 is 11.3 Å². The Bertz CT molecular complexity index is 424. The molecule has 0 radical (unpaired) electrons. The van der Waals surface area contributed by atoms with Crippen LogP contribution < -0.4 is 5.32 Å². The van der Waals surface area contributed by atoms with E-state index in [0.717, 1.165) is 5.56 Å². The molecule has 2 rings (SSSR count). The van der Waals surface area contributed by atoms with E-state index in [-0.39, 0.29) is 6.04 Å². The molecular weight excluding hydrogens is 206 g/mol. The van der Waals surface area contributed by atoms with Crippen LogP contribution in [0.25, 0.3) is 0 Å². The lowest BCUT2D eigenvalue weighted by atomic mass is 10.1. The van der Waals surface area contributed by atoms with Crippen molar-refractivity contribution in [3.63, 3.8) is 0 Å². The molecule has 2 aromatic rings. The van der Waals surface area contributed by atoms with Crippen molar-refractivity contribution >= 4 is 11.3 Å². The number of aromatic nitrogens is 2. The average Bonchev–Trinajstić information content (AvgIpc) is 2.68. The van der Waals surface area contributed by atoms with E-state index in [1.54, 1.807) is 17.7 Å². The highest BCUT2D eigenvalue weighted by Gasteiger charge is 2.13. The summed E-state index contributed by atoms with van der Waals surface area (Å²) in [6.45, 7) is 2.11. The second kappa shape index (κ2) is 4.51. The third-order valence-corrected chi connectivity index (χ3v) is 3.31. The SMILES string of the molecule is CNC(c1cncnc1)c1ccc(C)s1. The molecule has 0 spiro atoms. The summed E-state index contributed by atoms with van der Waals surface area (Å²) in [5, 5.41) is 3.28. The van der Waals surface area contributed by atoms with Crippen LogP contribution in [0.1, 0.15) is 21.4 Å². The van der Waals surface area contributed by atoms with E-state index < -0.39 is 0 Å². The van der Waals surface area contributed by atoms with Crippen LogP contribution in [0.4, 0.5) is 0 Å². The summed E-state index contributed by atoms with van der Waals surface area (Å²) < 4.78 is 0. The molecule has 1 N–H and O–H groups in total. The Morgan fingerprint density at radius 3 is 2.53 bits per heavy atom. The summed E-state index contributed by atoms with van der Waals surface area (Å²) in [7, 11) is 1.95. The lowest BCUT2D eigenvalue weighted by Gasteiger charge is -2.13. The molecule has 1 atom stereocenters. The Morgan fingerprint density at radius 2 is 2.00 bits per heavy atom. The first-order valence-corrected chi connectivity index (χ1v) is 5.61. The Balaban J connectivity index is 2.33. The number of nitrogens with zero attached hydrogens (tertiary/aromatic N) is 2. The lowest BCUT2D eigenvalue weighted by molar-refractivity contribution is 0.696. The maximum atomic E-state index is 4.04. The van der Waals surface area contributed by atoms with Crippen molar-refractivity contribution in [2.75, 3.05) is 7.05 Å². The second-order valence-electron chi connectivity index (χ2n) is 3.34. The Kier molecular flexibility index (Phi) is 3.08. The van der Waals surface area contributed by atoms with Crippen molar-refractivity contribution < 1.29 is 0 Å². The number of nitrogens with one attached hydrogen (secondary N) is 1. The van der Waals surface area contributed by atoms with Crippen LogP contribution in [-0.4, -0.2) is 17.0 Å². The van der Waals surface area contributed by atoms with Crippen molar-refractivity contribution in [1.82, 2.24) is 15.3 Å². The van der Waals surface area contributed by atoms with Crippen molar-refractivity contribution in [3.8, 4) is 0 Å². The highest BCUT2D eigenvalue weighted by molar-refractivity contribution is 7.12. The maximum absolute atomic E-state index is 4.04. The van der Waals surface area contributed by atoms with E-state index in [4.69, 9.17) is 0 Å². The van der Waals surface area contributed by atoms with Gasteiger partial charge in [-0.25, -0.2) is 9.97 Å². The van der Waals surface area contributed by atoms with Crippen LogP contribution in [-0.2, 0) is 0 Å². The van der Waals surface area contributed by atoms with Gasteiger partial charge in [-0.15, -0.1) is 11.3 Å². The van der Waals surface area contributed by atoms with E-state index in [0.29, 0.717) is 0 Å². The zero-order valence-electron chi connectivity index (χ0n) is 8.77. The first-order valence-electron chi connectivity index (χ1n) is 4.80. The monoisotopic (exact) mass is 219 g/mol. The summed E-state index contributed by atoms with van der Waals surface area (Å²) in [6.07, 6.45) is 5.25. The molecule has 0 aliphatic rings. The zero-order chi connectivity index (χ0) is 10.7. The molecule has 0 bridgehead atoms. The predicted octanol–water partition coefficient (Wildman–Crippen LogP) is 2.16. The molecular formula is C11H13N3S. The van der Waals surface area contributed by atoms with Crippen LogP contribution in [0.15, 0.2) is 30.9 Å². The normalized spacial score (nSPS) is 12.7. The van der Waals surface area contributed by atoms with Gasteiger partial charge in [0.25, 0.3) is 0 Å². The molecule has 4 heteroatoms. The third-order valence-electron chi connectivity index (χ3n) is 2.25. The number of rotatable bonds is 3. The fourth-order valence-electron chi connectivity index (χ4n) is 1.54. The fourth-order valence-corrected chi connectivity index (χ4v) is 2.56. The topological polar surface area (TPSA) is 37.8 Å². The molecule has 78 valence electrons. The largest absolute Gasteiger partial charge is 0.309 e. The first-order chi connectivity index (χ1) is 7.31. The van der Waals surface area contributed by atoms with E-state index >= 15 is 0 Å². The molecule has 0 aromatic carbocycles. The van der Waals surface area contributed by atoms with Gasteiger partial charge in [-0.3, -0.25) is 0 Å². The summed E-state index contributed by atoms with van der Waals surface area (Å²) in [5.41, 5.74) is 1.10. The summed E-state index contributed by atoms with van der Waals surface area (Å²) in [4.78, 5) is 10.7. The summed E-state index contributed by atoms with van der Waals surface area (Å²) >= 11 is 1.80. The smallest absolute Gasteiger partial charge is 0.115 e. The number of aryl methyl sites for hydroxylation is 1. The highest BCUT2D eigenvalue weighted by atomic mass is 32.1. The average molecular weight is 219 g/mol. The molecule has 3 nitrogen and oxygen atoms in total. The van der Waals surface area contributed by atoms with Crippen LogP contribution in [0.3, 0.4) is 0 Å². The highest BCUT2D eigenvalue weighted by Crippen LogP contribution is 2.26. The van der Waals surface area contributed by atoms with E-state index in [1.165, 1.54) is 9.75 Å². The Hall–Kier alpha value is -1.26. The number of thiophene rings is 1. The van der Waals surface area contributed by atoms with Gasteiger partial charge >= 0.3 is 0 Å². The van der Waals surface area contributed by atoms with Gasteiger partial charge in [-0.05, 0) is 26.1 Å². The summed E-state index contributed by atoms with van der Waals surface area (Å²) in [6, 6.07) is 4.48. The van der Waals surface area contributed by atoms with E-state index in [1.807, 2.05) is 19.4 Å². The quantitative estimate of drug-likeness (QED) is 0.859. The molecule has 0 aliphatic heterocycles. The van der Waals surface area contributed by atoms with Gasteiger partial charge in [0.15, 0.2) is 0 Å². The standard InChI is InChI=1S/C11H13N3S/c1-8-3-4-10(15-8)11(12-2)9-5-13-7-14-6-9/h3-7,11-12H,1-2H3. The lowest BCUT2D eigenvalue weighted by Crippen LogP contribution is -2.16. The molecule has 2 aromatic heterocycles. The summed E-state index contributed by atoms with van der Waals surface area (Å²) in [5.74, 6) is 0. The minimum atomic E-state index is 0.199. The van der Waals surface area contributed by atoms with Crippen LogP contribution in [0, 0.1) is 6.92 Å². The van der Waals surface area contributed by atoms with E-state index in [9.17, 15) is 0 Å². The van der Waals surface area contributed by atoms with Gasteiger partial charge in [0.1, 0.15) is 6.33 Å². The van der Waals surface area contributed by atoms with Crippen molar-refractivity contribution in [3.05, 3.63) is 46.2 Å². The molecule has 0 amide bonds. The number of hydrogen-bond donors (Lipinski definition) is 1. The predicted molar refractivity (Wildman–Crippen MR) is 62.0 cm³/mol. The molecule has 0 fully saturated rings. The number of hydrogen-bond acceptors (Lipinski definition) is 4. The molecule has 2 heterocycles. The van der Waals surface area contributed by atoms with Gasteiger partial charge in [0.05, 0.1) is 6.04 Å². The Morgan fingerprint density at radius 1 is 1.27 bits per heavy atom. The van der Waals surface area contributed by atoms with Crippen LogP contribution in [0.2, 0.25) is 0 Å². The first kappa shape index (κ1) is 10.3. The minimum Gasteiger partial charge on any atom is -0.309 e. The molecule has 15 heavy (non-hydrogen) atoms. The van der Waals surface area contributed by atoms with Gasteiger partial charge in [0, 0.05) is 27.7 Å². The minimum absolute atomic E-state index is 0.199. The van der Waals surface area contributed by atoms with Crippen molar-refractivity contribution in [2.24, 2.45) is 0 Å². The van der Waals surface area contributed by atoms with Gasteiger partial charge in [-0.1, -0.05) is 0 Å². The van der Waals surface area contributed by atoms with Crippen molar-refractivity contribution in [2.45, 2.75) is 13.0 Å².